The molecule has 3 fully saturated rings. The molecule has 2 heteroatoms. The maximum Gasteiger partial charge on any atom is 0.155 e. The van der Waals surface area contributed by atoms with Crippen LogP contribution in [0.25, 0.3) is 0 Å². The number of rotatable bonds is 1. The summed E-state index contributed by atoms with van der Waals surface area (Å²) in [6, 6.07) is 0. The molecule has 126 valence electrons. The van der Waals surface area contributed by atoms with Crippen LogP contribution in [0.2, 0.25) is 0 Å². The molecule has 3 saturated carbocycles. The largest absolute Gasteiger partial charge is 0.300 e. The molecule has 2 nitrogen and oxygen atoms in total. The van der Waals surface area contributed by atoms with Crippen molar-refractivity contribution in [3.8, 4) is 0 Å². The number of carbonyl (C=O) groups is 2. The fourth-order valence-corrected chi connectivity index (χ4v) is 7.23. The van der Waals surface area contributed by atoms with E-state index in [-0.39, 0.29) is 10.8 Å². The molecule has 0 unspecified atom stereocenters. The topological polar surface area (TPSA) is 34.1 Å². The molecule has 0 radical (unpaired) electrons. The van der Waals surface area contributed by atoms with Gasteiger partial charge in [-0.3, -0.25) is 9.59 Å². The number of hydrogen-bond acceptors (Lipinski definition) is 2. The molecular weight excluding hydrogens is 286 g/mol. The van der Waals surface area contributed by atoms with Gasteiger partial charge >= 0.3 is 0 Å². The second-order valence-corrected chi connectivity index (χ2v) is 9.25. The highest BCUT2D eigenvalue weighted by Crippen LogP contribution is 2.66. The smallest absolute Gasteiger partial charge is 0.155 e. The van der Waals surface area contributed by atoms with Gasteiger partial charge in [-0.2, -0.15) is 0 Å². The van der Waals surface area contributed by atoms with Crippen molar-refractivity contribution >= 4 is 11.6 Å². The summed E-state index contributed by atoms with van der Waals surface area (Å²) in [6.45, 7) is 6.65. The highest BCUT2D eigenvalue weighted by molar-refractivity contribution is 5.91. The Balaban J connectivity index is 1.67. The Morgan fingerprint density at radius 3 is 2.61 bits per heavy atom. The van der Waals surface area contributed by atoms with Gasteiger partial charge in [0.1, 0.15) is 5.78 Å². The van der Waals surface area contributed by atoms with Crippen LogP contribution in [0.3, 0.4) is 0 Å². The average molecular weight is 316 g/mol. The minimum Gasteiger partial charge on any atom is -0.300 e. The Morgan fingerprint density at radius 1 is 1.09 bits per heavy atom. The molecule has 0 saturated heterocycles. The predicted molar refractivity (Wildman–Crippen MR) is 90.9 cm³/mol. The zero-order valence-electron chi connectivity index (χ0n) is 14.9. The predicted octanol–water partition coefficient (Wildman–Crippen LogP) is 4.72. The van der Waals surface area contributed by atoms with Gasteiger partial charge in [0.25, 0.3) is 0 Å². The summed E-state index contributed by atoms with van der Waals surface area (Å²) in [5.74, 6) is 3.29. The van der Waals surface area contributed by atoms with Gasteiger partial charge in [0.2, 0.25) is 0 Å². The first-order chi connectivity index (χ1) is 10.9. The first kappa shape index (κ1) is 15.6. The molecule has 23 heavy (non-hydrogen) atoms. The summed E-state index contributed by atoms with van der Waals surface area (Å²) in [6.07, 6.45) is 10.9. The number of allylic oxidation sites excluding steroid dienone is 1. The maximum atomic E-state index is 12.1. The third-order valence-electron chi connectivity index (χ3n) is 8.45. The summed E-state index contributed by atoms with van der Waals surface area (Å²) in [5.41, 5.74) is 1.95. The van der Waals surface area contributed by atoms with Gasteiger partial charge < -0.3 is 0 Å². The quantitative estimate of drug-likeness (QED) is 0.701. The molecular formula is C21H30O2. The maximum absolute atomic E-state index is 12.1. The summed E-state index contributed by atoms with van der Waals surface area (Å²) < 4.78 is 0. The van der Waals surface area contributed by atoms with E-state index < -0.39 is 0 Å². The van der Waals surface area contributed by atoms with Crippen molar-refractivity contribution in [3.63, 3.8) is 0 Å². The van der Waals surface area contributed by atoms with E-state index in [1.807, 2.05) is 6.08 Å². The van der Waals surface area contributed by atoms with Gasteiger partial charge in [-0.15, -0.1) is 0 Å². The van der Waals surface area contributed by atoms with Crippen molar-refractivity contribution in [2.45, 2.75) is 72.1 Å². The molecule has 0 N–H and O–H groups in total. The number of hydrogen-bond donors (Lipinski definition) is 0. The molecule has 0 aliphatic heterocycles. The van der Waals surface area contributed by atoms with E-state index in [0.29, 0.717) is 17.5 Å². The van der Waals surface area contributed by atoms with Crippen LogP contribution in [-0.4, -0.2) is 11.6 Å². The molecule has 0 heterocycles. The Labute approximate surface area is 140 Å². The lowest BCUT2D eigenvalue weighted by molar-refractivity contribution is -0.128. The van der Waals surface area contributed by atoms with Gasteiger partial charge in [-0.1, -0.05) is 19.4 Å². The van der Waals surface area contributed by atoms with E-state index in [9.17, 15) is 9.59 Å². The number of ketones is 2. The lowest BCUT2D eigenvalue weighted by Crippen LogP contribution is -2.51. The SMILES string of the molecule is C[C@]12CC[C@H]3[C@@H](CCC4=CC(=O)CC[C@@]43C)[C@@H]1CC[C@@H]2C([14CH3])=O. The standard InChI is InChI=1S/C21H30O2/c1-13(22)17-6-7-18-16-5-4-14-12-15(23)8-10-20(14,2)19(16)9-11-21(17,18)3/h12,16-19H,4-11H2,1-3H3/t16-,17+,18-,19-,20-,21+/m0/s1/i1+2. The zero-order valence-corrected chi connectivity index (χ0v) is 14.9. The molecule has 0 aromatic heterocycles. The van der Waals surface area contributed by atoms with E-state index in [1.54, 1.807) is 6.92 Å². The van der Waals surface area contributed by atoms with Crippen LogP contribution < -0.4 is 0 Å². The van der Waals surface area contributed by atoms with E-state index in [4.69, 9.17) is 0 Å². The number of fused-ring (bicyclic) bond motifs is 5. The van der Waals surface area contributed by atoms with Crippen LogP contribution in [0.4, 0.5) is 0 Å². The second-order valence-electron chi connectivity index (χ2n) is 9.25. The normalized spacial score (nSPS) is 49.0. The van der Waals surface area contributed by atoms with Crippen LogP contribution in [0.15, 0.2) is 11.6 Å². The van der Waals surface area contributed by atoms with Gasteiger partial charge in [-0.25, -0.2) is 0 Å². The van der Waals surface area contributed by atoms with E-state index in [2.05, 4.69) is 13.8 Å². The number of Topliss-reactive ketones (excluding diaryl/α,β-unsaturated/α-hetero) is 1. The Bertz CT molecular complexity index is 589. The molecule has 0 amide bonds. The first-order valence-corrected chi connectivity index (χ1v) is 9.60. The monoisotopic (exact) mass is 316 g/mol. The molecule has 0 aromatic carbocycles. The summed E-state index contributed by atoms with van der Waals surface area (Å²) in [4.78, 5) is 24.0. The van der Waals surface area contributed by atoms with E-state index in [0.717, 1.165) is 43.4 Å². The minimum absolute atomic E-state index is 0.245. The summed E-state index contributed by atoms with van der Waals surface area (Å²) >= 11 is 0. The molecule has 4 aliphatic rings. The Kier molecular flexibility index (Phi) is 3.42. The molecule has 4 rings (SSSR count). The first-order valence-electron chi connectivity index (χ1n) is 9.60. The average Bonchev–Trinajstić information content (AvgIpc) is 2.85. The Morgan fingerprint density at radius 2 is 1.87 bits per heavy atom. The van der Waals surface area contributed by atoms with Crippen LogP contribution in [0.1, 0.15) is 72.1 Å². The van der Waals surface area contributed by atoms with Crippen molar-refractivity contribution in [1.82, 2.24) is 0 Å². The van der Waals surface area contributed by atoms with Crippen molar-refractivity contribution in [3.05, 3.63) is 11.6 Å². The number of carbonyl (C=O) groups excluding carboxylic acids is 2. The lowest BCUT2D eigenvalue weighted by atomic mass is 9.47. The lowest BCUT2D eigenvalue weighted by Gasteiger charge is -2.58. The highest BCUT2D eigenvalue weighted by atomic mass is 16.1. The van der Waals surface area contributed by atoms with Crippen LogP contribution >= 0.6 is 0 Å². The molecule has 4 aliphatic carbocycles. The van der Waals surface area contributed by atoms with Crippen molar-refractivity contribution in [2.24, 2.45) is 34.5 Å². The summed E-state index contributed by atoms with van der Waals surface area (Å²) in [5, 5.41) is 0. The van der Waals surface area contributed by atoms with Gasteiger partial charge in [-0.05, 0) is 86.5 Å². The van der Waals surface area contributed by atoms with Crippen LogP contribution in [0.5, 0.6) is 0 Å². The minimum atomic E-state index is 0.245. The molecule has 0 bridgehead atoms. The molecule has 0 aromatic rings. The third kappa shape index (κ3) is 2.06. The van der Waals surface area contributed by atoms with Crippen molar-refractivity contribution < 1.29 is 9.59 Å². The van der Waals surface area contributed by atoms with E-state index in [1.165, 1.54) is 31.3 Å². The van der Waals surface area contributed by atoms with Crippen molar-refractivity contribution in [1.29, 1.82) is 0 Å². The highest BCUT2D eigenvalue weighted by Gasteiger charge is 2.59. The van der Waals surface area contributed by atoms with Gasteiger partial charge in [0.05, 0.1) is 0 Å². The fourth-order valence-electron chi connectivity index (χ4n) is 7.23. The van der Waals surface area contributed by atoms with Gasteiger partial charge in [0.15, 0.2) is 5.78 Å². The van der Waals surface area contributed by atoms with Crippen LogP contribution in [0, 0.1) is 34.5 Å². The Hall–Kier alpha value is -0.920. The summed E-state index contributed by atoms with van der Waals surface area (Å²) in [7, 11) is 0. The second kappa shape index (κ2) is 5.04. The van der Waals surface area contributed by atoms with Crippen molar-refractivity contribution in [2.75, 3.05) is 0 Å². The van der Waals surface area contributed by atoms with E-state index >= 15 is 0 Å². The molecule has 0 spiro atoms. The van der Waals surface area contributed by atoms with Gasteiger partial charge in [0, 0.05) is 12.3 Å². The third-order valence-corrected chi connectivity index (χ3v) is 8.45. The van der Waals surface area contributed by atoms with Crippen LogP contribution in [-0.2, 0) is 9.59 Å². The zero-order chi connectivity index (χ0) is 16.4. The molecule has 6 atom stereocenters. The fraction of sp³-hybridized carbons (Fsp3) is 0.810.